The van der Waals surface area contributed by atoms with Gasteiger partial charge in [-0.1, -0.05) is 6.07 Å². The van der Waals surface area contributed by atoms with E-state index in [1.807, 2.05) is 39.0 Å². The molecule has 1 fully saturated rings. The molecule has 150 valence electrons. The molecule has 0 atom stereocenters. The third-order valence-electron chi connectivity index (χ3n) is 4.54. The van der Waals surface area contributed by atoms with E-state index in [1.165, 1.54) is 0 Å². The number of anilines is 1. The van der Waals surface area contributed by atoms with Crippen LogP contribution in [0, 0.1) is 5.92 Å². The number of hydrogen-bond acceptors (Lipinski definition) is 5. The lowest BCUT2D eigenvalue weighted by Gasteiger charge is -2.30. The van der Waals surface area contributed by atoms with Crippen molar-refractivity contribution in [1.82, 2.24) is 5.32 Å². The largest absolute Gasteiger partial charge is 0.462 e. The van der Waals surface area contributed by atoms with Crippen molar-refractivity contribution in [2.24, 2.45) is 5.92 Å². The molecule has 2 N–H and O–H groups in total. The third kappa shape index (κ3) is 7.49. The van der Waals surface area contributed by atoms with Crippen molar-refractivity contribution < 1.29 is 19.1 Å². The predicted octanol–water partition coefficient (Wildman–Crippen LogP) is 4.36. The summed E-state index contributed by atoms with van der Waals surface area (Å²) in [7, 11) is 0. The van der Waals surface area contributed by atoms with Crippen molar-refractivity contribution in [3.05, 3.63) is 29.8 Å². The van der Waals surface area contributed by atoms with Crippen molar-refractivity contribution in [2.75, 3.05) is 18.5 Å². The second-order valence-electron chi connectivity index (χ2n) is 8.05. The highest BCUT2D eigenvalue weighted by Crippen LogP contribution is 2.25. The summed E-state index contributed by atoms with van der Waals surface area (Å²) in [5, 5.41) is 6.39. The predicted molar refractivity (Wildman–Crippen MR) is 106 cm³/mol. The van der Waals surface area contributed by atoms with Crippen molar-refractivity contribution >= 4 is 17.7 Å². The first-order valence-corrected chi connectivity index (χ1v) is 9.77. The molecule has 0 heterocycles. The van der Waals surface area contributed by atoms with Gasteiger partial charge in [0.1, 0.15) is 5.60 Å². The number of nitrogens with one attached hydrogen (secondary N) is 2. The van der Waals surface area contributed by atoms with Crippen LogP contribution in [0.2, 0.25) is 0 Å². The lowest BCUT2D eigenvalue weighted by Crippen LogP contribution is -2.41. The number of amides is 1. The Kier molecular flexibility index (Phi) is 7.51. The lowest BCUT2D eigenvalue weighted by atomic mass is 9.86. The molecule has 6 nitrogen and oxygen atoms in total. The van der Waals surface area contributed by atoms with E-state index in [4.69, 9.17) is 9.47 Å². The summed E-state index contributed by atoms with van der Waals surface area (Å²) >= 11 is 0. The van der Waals surface area contributed by atoms with Crippen LogP contribution < -0.4 is 10.6 Å². The van der Waals surface area contributed by atoms with E-state index in [1.54, 1.807) is 13.0 Å². The number of ether oxygens (including phenoxy) is 2. The SMILES string of the molecule is CCOC(=O)c1cccc(NCC2CCC(NC(=O)OC(C)(C)C)CC2)c1. The maximum absolute atomic E-state index is 11.9. The van der Waals surface area contributed by atoms with Crippen LogP contribution in [0.4, 0.5) is 10.5 Å². The normalized spacial score (nSPS) is 19.9. The van der Waals surface area contributed by atoms with Gasteiger partial charge in [0.2, 0.25) is 0 Å². The average molecular weight is 376 g/mol. The number of benzene rings is 1. The third-order valence-corrected chi connectivity index (χ3v) is 4.54. The van der Waals surface area contributed by atoms with E-state index in [0.29, 0.717) is 18.1 Å². The Bertz CT molecular complexity index is 631. The molecule has 0 bridgehead atoms. The van der Waals surface area contributed by atoms with Crippen LogP contribution in [0.15, 0.2) is 24.3 Å². The Morgan fingerprint density at radius 3 is 2.48 bits per heavy atom. The first-order valence-electron chi connectivity index (χ1n) is 9.77. The Morgan fingerprint density at radius 2 is 1.85 bits per heavy atom. The van der Waals surface area contributed by atoms with Crippen molar-refractivity contribution in [2.45, 2.75) is 65.0 Å². The number of alkyl carbamates (subject to hydrolysis) is 1. The highest BCUT2D eigenvalue weighted by Gasteiger charge is 2.24. The fourth-order valence-corrected chi connectivity index (χ4v) is 3.22. The topological polar surface area (TPSA) is 76.7 Å². The summed E-state index contributed by atoms with van der Waals surface area (Å²) in [6, 6.07) is 7.59. The molecule has 1 aliphatic rings. The Labute approximate surface area is 162 Å². The molecule has 0 unspecified atom stereocenters. The maximum atomic E-state index is 11.9. The fraction of sp³-hybridized carbons (Fsp3) is 0.619. The summed E-state index contributed by atoms with van der Waals surface area (Å²) in [5.74, 6) is 0.253. The first kappa shape index (κ1) is 21.1. The number of esters is 1. The molecule has 1 aliphatic carbocycles. The molecule has 2 rings (SSSR count). The highest BCUT2D eigenvalue weighted by atomic mass is 16.6. The Morgan fingerprint density at radius 1 is 1.15 bits per heavy atom. The van der Waals surface area contributed by atoms with Gasteiger partial charge in [0.15, 0.2) is 0 Å². The van der Waals surface area contributed by atoms with E-state index < -0.39 is 5.60 Å². The highest BCUT2D eigenvalue weighted by molar-refractivity contribution is 5.90. The smallest absolute Gasteiger partial charge is 0.407 e. The first-order chi connectivity index (χ1) is 12.8. The van der Waals surface area contributed by atoms with Crippen LogP contribution in [0.3, 0.4) is 0 Å². The van der Waals surface area contributed by atoms with E-state index in [0.717, 1.165) is 37.9 Å². The van der Waals surface area contributed by atoms with Gasteiger partial charge in [0, 0.05) is 18.3 Å². The summed E-state index contributed by atoms with van der Waals surface area (Å²) < 4.78 is 10.4. The molecule has 0 radical (unpaired) electrons. The molecule has 1 amide bonds. The molecular weight excluding hydrogens is 344 g/mol. The minimum Gasteiger partial charge on any atom is -0.462 e. The maximum Gasteiger partial charge on any atom is 0.407 e. The van der Waals surface area contributed by atoms with Gasteiger partial charge < -0.3 is 20.1 Å². The van der Waals surface area contributed by atoms with Crippen molar-refractivity contribution in [3.63, 3.8) is 0 Å². The molecular formula is C21H32N2O4. The monoisotopic (exact) mass is 376 g/mol. The van der Waals surface area contributed by atoms with Gasteiger partial charge in [-0.15, -0.1) is 0 Å². The van der Waals surface area contributed by atoms with Crippen LogP contribution in [0.1, 0.15) is 63.7 Å². The average Bonchev–Trinajstić information content (AvgIpc) is 2.60. The van der Waals surface area contributed by atoms with E-state index in [2.05, 4.69) is 10.6 Å². The lowest BCUT2D eigenvalue weighted by molar-refractivity contribution is 0.0485. The molecule has 27 heavy (non-hydrogen) atoms. The van der Waals surface area contributed by atoms with Gasteiger partial charge >= 0.3 is 12.1 Å². The van der Waals surface area contributed by atoms with Crippen LogP contribution in [0.25, 0.3) is 0 Å². The van der Waals surface area contributed by atoms with Crippen LogP contribution in [-0.2, 0) is 9.47 Å². The zero-order chi connectivity index (χ0) is 19.9. The van der Waals surface area contributed by atoms with Crippen LogP contribution in [-0.4, -0.2) is 36.9 Å². The summed E-state index contributed by atoms with van der Waals surface area (Å²) in [6.07, 6.45) is 3.67. The molecule has 6 heteroatoms. The zero-order valence-electron chi connectivity index (χ0n) is 16.8. The van der Waals surface area contributed by atoms with Crippen molar-refractivity contribution in [3.8, 4) is 0 Å². The molecule has 1 saturated carbocycles. The van der Waals surface area contributed by atoms with Gasteiger partial charge in [0.05, 0.1) is 12.2 Å². The minimum atomic E-state index is -0.469. The fourth-order valence-electron chi connectivity index (χ4n) is 3.22. The quantitative estimate of drug-likeness (QED) is 0.722. The minimum absolute atomic E-state index is 0.184. The van der Waals surface area contributed by atoms with Gasteiger partial charge in [-0.05, 0) is 77.5 Å². The molecule has 0 aromatic heterocycles. The van der Waals surface area contributed by atoms with Crippen molar-refractivity contribution in [1.29, 1.82) is 0 Å². The zero-order valence-corrected chi connectivity index (χ0v) is 16.8. The number of carbonyl (C=O) groups is 2. The van der Waals surface area contributed by atoms with Crippen LogP contribution in [0.5, 0.6) is 0 Å². The molecule has 0 saturated heterocycles. The second-order valence-corrected chi connectivity index (χ2v) is 8.05. The summed E-state index contributed by atoms with van der Waals surface area (Å²) in [4.78, 5) is 23.7. The Hall–Kier alpha value is -2.24. The van der Waals surface area contributed by atoms with Gasteiger partial charge in [0.25, 0.3) is 0 Å². The summed E-state index contributed by atoms with van der Waals surface area (Å²) in [6.45, 7) is 8.63. The molecule has 1 aromatic rings. The summed E-state index contributed by atoms with van der Waals surface area (Å²) in [5.41, 5.74) is 1.02. The van der Waals surface area contributed by atoms with Crippen LogP contribution >= 0.6 is 0 Å². The second kappa shape index (κ2) is 9.62. The molecule has 0 spiro atoms. The van der Waals surface area contributed by atoms with Gasteiger partial charge in [-0.25, -0.2) is 9.59 Å². The number of hydrogen-bond donors (Lipinski definition) is 2. The number of carbonyl (C=O) groups excluding carboxylic acids is 2. The Balaban J connectivity index is 1.74. The molecule has 1 aromatic carbocycles. The molecule has 0 aliphatic heterocycles. The number of rotatable bonds is 6. The van der Waals surface area contributed by atoms with E-state index in [9.17, 15) is 9.59 Å². The van der Waals surface area contributed by atoms with Gasteiger partial charge in [-0.2, -0.15) is 0 Å². The van der Waals surface area contributed by atoms with Gasteiger partial charge in [-0.3, -0.25) is 0 Å². The van der Waals surface area contributed by atoms with E-state index >= 15 is 0 Å². The standard InChI is InChI=1S/C21H32N2O4/c1-5-26-19(24)16-7-6-8-18(13-16)22-14-15-9-11-17(12-10-15)23-20(25)27-21(2,3)4/h6-8,13,15,17,22H,5,9-12,14H2,1-4H3,(H,23,25). The van der Waals surface area contributed by atoms with E-state index in [-0.39, 0.29) is 18.1 Å².